The van der Waals surface area contributed by atoms with Crippen LogP contribution in [0, 0.1) is 17.8 Å². The highest BCUT2D eigenvalue weighted by molar-refractivity contribution is 8.00. The lowest BCUT2D eigenvalue weighted by molar-refractivity contribution is -0.121. The molecule has 2 aromatic rings. The van der Waals surface area contributed by atoms with Gasteiger partial charge in [0.15, 0.2) is 11.0 Å². The second-order valence-electron chi connectivity index (χ2n) is 8.24. The zero-order valence-corrected chi connectivity index (χ0v) is 18.1. The molecule has 7 heteroatoms. The number of aromatic nitrogens is 3. The number of carbonyl (C=O) groups is 1. The van der Waals surface area contributed by atoms with Crippen molar-refractivity contribution in [3.8, 4) is 11.4 Å². The Morgan fingerprint density at radius 3 is 2.71 bits per heavy atom. The van der Waals surface area contributed by atoms with Crippen molar-refractivity contribution in [2.45, 2.75) is 56.0 Å². The Morgan fingerprint density at radius 1 is 1.25 bits per heavy atom. The van der Waals surface area contributed by atoms with Crippen LogP contribution in [-0.4, -0.2) is 32.0 Å². The van der Waals surface area contributed by atoms with E-state index in [2.05, 4.69) is 22.4 Å². The van der Waals surface area contributed by atoms with Crippen molar-refractivity contribution < 1.29 is 4.79 Å². The van der Waals surface area contributed by atoms with Crippen LogP contribution in [0.2, 0.25) is 5.02 Å². The minimum atomic E-state index is -0.233. The molecule has 5 atom stereocenters. The van der Waals surface area contributed by atoms with Crippen LogP contribution in [0.15, 0.2) is 29.4 Å². The molecule has 0 aliphatic heterocycles. The topological polar surface area (TPSA) is 59.8 Å². The fraction of sp³-hybridized carbons (Fsp3) is 0.571. The maximum atomic E-state index is 12.8. The summed E-state index contributed by atoms with van der Waals surface area (Å²) >= 11 is 7.72. The third-order valence-corrected chi connectivity index (χ3v) is 7.87. The Morgan fingerprint density at radius 2 is 2.04 bits per heavy atom. The van der Waals surface area contributed by atoms with E-state index in [1.54, 1.807) is 0 Å². The minimum absolute atomic E-state index is 0.0718. The standard InChI is InChI=1S/C21H27ClN4OS/c1-12(17-11-14-8-9-15(17)10-14)23-20(27)13(2)28-21-25-24-19(26(21)3)16-6-4-5-7-18(16)22/h4-7,12-15,17H,8-11H2,1-3H3,(H,23,27). The molecule has 1 aromatic heterocycles. The second kappa shape index (κ2) is 8.07. The van der Waals surface area contributed by atoms with Gasteiger partial charge in [-0.2, -0.15) is 0 Å². The number of thioether (sulfide) groups is 1. The first-order valence-corrected chi connectivity index (χ1v) is 11.3. The Kier molecular flexibility index (Phi) is 5.70. The highest BCUT2D eigenvalue weighted by Crippen LogP contribution is 2.49. The van der Waals surface area contributed by atoms with E-state index in [1.807, 2.05) is 42.8 Å². The lowest BCUT2D eigenvalue weighted by atomic mass is 9.84. The lowest BCUT2D eigenvalue weighted by Crippen LogP contribution is -2.43. The van der Waals surface area contributed by atoms with Crippen molar-refractivity contribution in [1.29, 1.82) is 0 Å². The van der Waals surface area contributed by atoms with Gasteiger partial charge in [0.25, 0.3) is 0 Å². The number of hydrogen-bond acceptors (Lipinski definition) is 4. The minimum Gasteiger partial charge on any atom is -0.352 e. The van der Waals surface area contributed by atoms with E-state index in [1.165, 1.54) is 37.4 Å². The number of fused-ring (bicyclic) bond motifs is 2. The second-order valence-corrected chi connectivity index (χ2v) is 9.96. The van der Waals surface area contributed by atoms with Gasteiger partial charge in [-0.05, 0) is 63.0 Å². The largest absolute Gasteiger partial charge is 0.352 e. The molecule has 0 radical (unpaired) electrons. The highest BCUT2D eigenvalue weighted by Gasteiger charge is 2.42. The van der Waals surface area contributed by atoms with Gasteiger partial charge in [-0.25, -0.2) is 0 Å². The Hall–Kier alpha value is -1.53. The van der Waals surface area contributed by atoms with Crippen molar-refractivity contribution in [2.75, 3.05) is 0 Å². The summed E-state index contributed by atoms with van der Waals surface area (Å²) in [5, 5.41) is 12.9. The molecule has 1 aromatic carbocycles. The van der Waals surface area contributed by atoms with Gasteiger partial charge in [0, 0.05) is 18.7 Å². The third kappa shape index (κ3) is 3.81. The number of nitrogens with zero attached hydrogens (tertiary/aromatic N) is 3. The molecule has 1 heterocycles. The van der Waals surface area contributed by atoms with E-state index in [0.29, 0.717) is 21.9 Å². The molecule has 28 heavy (non-hydrogen) atoms. The van der Waals surface area contributed by atoms with Crippen LogP contribution in [0.5, 0.6) is 0 Å². The van der Waals surface area contributed by atoms with Gasteiger partial charge >= 0.3 is 0 Å². The average Bonchev–Trinajstić information content (AvgIpc) is 3.39. The van der Waals surface area contributed by atoms with Gasteiger partial charge in [-0.3, -0.25) is 4.79 Å². The molecule has 1 N–H and O–H groups in total. The summed E-state index contributed by atoms with van der Waals surface area (Å²) in [5.41, 5.74) is 0.841. The van der Waals surface area contributed by atoms with Crippen LogP contribution in [0.25, 0.3) is 11.4 Å². The van der Waals surface area contributed by atoms with Gasteiger partial charge < -0.3 is 9.88 Å². The molecule has 4 rings (SSSR count). The zero-order chi connectivity index (χ0) is 19.8. The first-order chi connectivity index (χ1) is 13.4. The zero-order valence-electron chi connectivity index (χ0n) is 16.6. The highest BCUT2D eigenvalue weighted by atomic mass is 35.5. The van der Waals surface area contributed by atoms with Gasteiger partial charge in [0.2, 0.25) is 5.91 Å². The molecule has 5 unspecified atom stereocenters. The van der Waals surface area contributed by atoms with Gasteiger partial charge in [-0.15, -0.1) is 10.2 Å². The van der Waals surface area contributed by atoms with Crippen molar-refractivity contribution in [1.82, 2.24) is 20.1 Å². The molecular weight excluding hydrogens is 392 g/mol. The molecule has 2 fully saturated rings. The molecule has 0 saturated heterocycles. The molecule has 2 aliphatic carbocycles. The predicted octanol–water partition coefficient (Wildman–Crippen LogP) is 4.56. The Labute approximate surface area is 175 Å². The van der Waals surface area contributed by atoms with Crippen molar-refractivity contribution in [2.24, 2.45) is 24.8 Å². The first-order valence-electron chi connectivity index (χ1n) is 10.1. The molecule has 2 aliphatic rings. The summed E-state index contributed by atoms with van der Waals surface area (Å²) in [4.78, 5) is 12.8. The van der Waals surface area contributed by atoms with E-state index in [0.717, 1.165) is 17.4 Å². The molecule has 0 spiro atoms. The van der Waals surface area contributed by atoms with Gasteiger partial charge in [0.1, 0.15) is 0 Å². The normalized spacial score (nSPS) is 25.6. The van der Waals surface area contributed by atoms with Crippen LogP contribution in [-0.2, 0) is 11.8 Å². The number of carbonyl (C=O) groups excluding carboxylic acids is 1. The smallest absolute Gasteiger partial charge is 0.233 e. The number of benzene rings is 1. The summed E-state index contributed by atoms with van der Waals surface area (Å²) in [6.45, 7) is 4.09. The number of halogens is 1. The molecule has 2 bridgehead atoms. The summed E-state index contributed by atoms with van der Waals surface area (Å²) in [5.74, 6) is 3.11. The van der Waals surface area contributed by atoms with E-state index >= 15 is 0 Å². The van der Waals surface area contributed by atoms with Crippen LogP contribution >= 0.6 is 23.4 Å². The molecule has 5 nitrogen and oxygen atoms in total. The lowest BCUT2D eigenvalue weighted by Gasteiger charge is -2.29. The first kappa shape index (κ1) is 19.8. The van der Waals surface area contributed by atoms with E-state index in [9.17, 15) is 4.79 Å². The molecule has 1 amide bonds. The number of rotatable bonds is 6. The fourth-order valence-electron chi connectivity index (χ4n) is 4.86. The van der Waals surface area contributed by atoms with Crippen LogP contribution in [0.4, 0.5) is 0 Å². The Balaban J connectivity index is 1.39. The quantitative estimate of drug-likeness (QED) is 0.698. The van der Waals surface area contributed by atoms with Crippen LogP contribution in [0.3, 0.4) is 0 Å². The third-order valence-electron chi connectivity index (χ3n) is 6.41. The summed E-state index contributed by atoms with van der Waals surface area (Å²) in [6.07, 6.45) is 5.36. The summed E-state index contributed by atoms with van der Waals surface area (Å²) in [7, 11) is 1.91. The average molecular weight is 419 g/mol. The molecule has 2 saturated carbocycles. The van der Waals surface area contributed by atoms with E-state index < -0.39 is 0 Å². The number of amides is 1. The van der Waals surface area contributed by atoms with E-state index in [4.69, 9.17) is 11.6 Å². The number of nitrogens with one attached hydrogen (secondary N) is 1. The van der Waals surface area contributed by atoms with E-state index in [-0.39, 0.29) is 17.2 Å². The molecule has 150 valence electrons. The molecular formula is C21H27ClN4OS. The maximum Gasteiger partial charge on any atom is 0.233 e. The SMILES string of the molecule is CC(Sc1nnc(-c2ccccc2Cl)n1C)C(=O)NC(C)C1CC2CCC1C2. The van der Waals surface area contributed by atoms with Crippen molar-refractivity contribution in [3.05, 3.63) is 29.3 Å². The van der Waals surface area contributed by atoms with Crippen LogP contribution < -0.4 is 5.32 Å². The van der Waals surface area contributed by atoms with Crippen LogP contribution in [0.1, 0.15) is 39.5 Å². The monoisotopic (exact) mass is 418 g/mol. The van der Waals surface area contributed by atoms with Crippen molar-refractivity contribution >= 4 is 29.3 Å². The maximum absolute atomic E-state index is 12.8. The Bertz CT molecular complexity index is 870. The summed E-state index contributed by atoms with van der Waals surface area (Å²) < 4.78 is 1.90. The predicted molar refractivity (Wildman–Crippen MR) is 113 cm³/mol. The number of hydrogen-bond donors (Lipinski definition) is 1. The van der Waals surface area contributed by atoms with Gasteiger partial charge in [0.05, 0.1) is 10.3 Å². The van der Waals surface area contributed by atoms with Crippen molar-refractivity contribution in [3.63, 3.8) is 0 Å². The summed E-state index contributed by atoms with van der Waals surface area (Å²) in [6, 6.07) is 7.82. The van der Waals surface area contributed by atoms with Gasteiger partial charge in [-0.1, -0.05) is 41.9 Å². The fourth-order valence-corrected chi connectivity index (χ4v) is 5.91.